The van der Waals surface area contributed by atoms with Crippen LogP contribution in [0.3, 0.4) is 0 Å². The first kappa shape index (κ1) is 21.0. The van der Waals surface area contributed by atoms with E-state index in [1.807, 2.05) is 6.07 Å². The third-order valence-electron chi connectivity index (χ3n) is 6.25. The van der Waals surface area contributed by atoms with Crippen molar-refractivity contribution in [3.63, 3.8) is 0 Å². The Hall–Kier alpha value is -1.75. The van der Waals surface area contributed by atoms with Crippen molar-refractivity contribution < 1.29 is 9.47 Å². The maximum Gasteiger partial charge on any atom is 0.193 e. The Morgan fingerprint density at radius 1 is 1.29 bits per heavy atom. The molecule has 1 aromatic carbocycles. The number of methoxy groups -OCH3 is 1. The Balaban J connectivity index is 1.74. The number of guanidine groups is 1. The topological polar surface area (TPSA) is 46.1 Å². The molecule has 1 N–H and O–H groups in total. The van der Waals surface area contributed by atoms with Gasteiger partial charge >= 0.3 is 0 Å². The van der Waals surface area contributed by atoms with Crippen LogP contribution in [0.4, 0.5) is 0 Å². The second-order valence-corrected chi connectivity index (χ2v) is 8.15. The number of ether oxygens (including phenoxy) is 2. The molecule has 5 nitrogen and oxygen atoms in total. The molecule has 1 heterocycles. The van der Waals surface area contributed by atoms with E-state index >= 15 is 0 Å². The summed E-state index contributed by atoms with van der Waals surface area (Å²) in [6.07, 6.45) is 6.16. The van der Waals surface area contributed by atoms with Crippen molar-refractivity contribution in [2.24, 2.45) is 10.9 Å². The van der Waals surface area contributed by atoms with Crippen molar-refractivity contribution >= 4 is 5.96 Å². The maximum absolute atomic E-state index is 5.64. The van der Waals surface area contributed by atoms with E-state index in [2.05, 4.69) is 42.3 Å². The number of nitrogens with one attached hydrogen (secondary N) is 1. The van der Waals surface area contributed by atoms with Crippen LogP contribution in [0.5, 0.6) is 5.75 Å². The summed E-state index contributed by atoms with van der Waals surface area (Å²) in [5, 5.41) is 3.53. The summed E-state index contributed by atoms with van der Waals surface area (Å²) in [4.78, 5) is 7.56. The Morgan fingerprint density at radius 2 is 2.11 bits per heavy atom. The van der Waals surface area contributed by atoms with E-state index < -0.39 is 0 Å². The van der Waals surface area contributed by atoms with Gasteiger partial charge in [-0.25, -0.2) is 0 Å². The number of hydrogen-bond donors (Lipinski definition) is 1. The number of nitrogens with zero attached hydrogens (tertiary/aromatic N) is 2. The summed E-state index contributed by atoms with van der Waals surface area (Å²) in [6, 6.07) is 8.61. The van der Waals surface area contributed by atoms with Gasteiger partial charge in [-0.1, -0.05) is 25.0 Å². The average molecular weight is 388 g/mol. The highest BCUT2D eigenvalue weighted by Gasteiger charge is 2.36. The van der Waals surface area contributed by atoms with Gasteiger partial charge in [0, 0.05) is 37.6 Å². The van der Waals surface area contributed by atoms with Crippen molar-refractivity contribution in [1.29, 1.82) is 0 Å². The molecule has 156 valence electrons. The molecular formula is C23H37N3O2. The lowest BCUT2D eigenvalue weighted by Crippen LogP contribution is -2.41. The lowest BCUT2D eigenvalue weighted by molar-refractivity contribution is 0.114. The van der Waals surface area contributed by atoms with Gasteiger partial charge in [0.05, 0.1) is 20.3 Å². The summed E-state index contributed by atoms with van der Waals surface area (Å²) in [6.45, 7) is 9.73. The first-order valence-corrected chi connectivity index (χ1v) is 11.0. The Labute approximate surface area is 170 Å². The third kappa shape index (κ3) is 4.99. The quantitative estimate of drug-likeness (QED) is 0.544. The predicted molar refractivity (Wildman–Crippen MR) is 115 cm³/mol. The molecule has 0 radical (unpaired) electrons. The molecule has 3 rings (SSSR count). The molecule has 5 heteroatoms. The van der Waals surface area contributed by atoms with Crippen LogP contribution in [0.1, 0.15) is 51.5 Å². The normalized spacial score (nSPS) is 21.9. The minimum atomic E-state index is 0.139. The van der Waals surface area contributed by atoms with E-state index in [1.54, 1.807) is 7.11 Å². The maximum atomic E-state index is 5.64. The van der Waals surface area contributed by atoms with Crippen LogP contribution in [0.2, 0.25) is 0 Å². The number of likely N-dealkylation sites (tertiary alicyclic amines) is 1. The first-order chi connectivity index (χ1) is 13.7. The third-order valence-corrected chi connectivity index (χ3v) is 6.25. The molecule has 1 atom stereocenters. The van der Waals surface area contributed by atoms with Gasteiger partial charge in [0.2, 0.25) is 0 Å². The second-order valence-electron chi connectivity index (χ2n) is 8.15. The van der Waals surface area contributed by atoms with E-state index in [1.165, 1.54) is 37.7 Å². The van der Waals surface area contributed by atoms with Gasteiger partial charge in [0.15, 0.2) is 5.96 Å². The monoisotopic (exact) mass is 387 g/mol. The number of rotatable bonds is 8. The fourth-order valence-electron chi connectivity index (χ4n) is 4.64. The molecule has 0 amide bonds. The van der Waals surface area contributed by atoms with Crippen molar-refractivity contribution in [2.75, 3.05) is 46.5 Å². The highest BCUT2D eigenvalue weighted by Crippen LogP contribution is 2.42. The van der Waals surface area contributed by atoms with Crippen LogP contribution < -0.4 is 10.1 Å². The molecule has 1 unspecified atom stereocenters. The van der Waals surface area contributed by atoms with Crippen LogP contribution in [-0.4, -0.2) is 57.4 Å². The average Bonchev–Trinajstić information content (AvgIpc) is 3.40. The van der Waals surface area contributed by atoms with Gasteiger partial charge in [-0.3, -0.25) is 4.99 Å². The molecule has 2 fully saturated rings. The molecule has 1 aromatic rings. The van der Waals surface area contributed by atoms with E-state index in [0.717, 1.165) is 51.1 Å². The molecule has 1 saturated carbocycles. The van der Waals surface area contributed by atoms with Gasteiger partial charge < -0.3 is 19.7 Å². The van der Waals surface area contributed by atoms with Gasteiger partial charge in [-0.2, -0.15) is 0 Å². The SMILES string of the molecule is CCNC(=NCC1(c2cccc(OC)c2)CCCC1)N1CCC(COCC)C1. The van der Waals surface area contributed by atoms with E-state index in [9.17, 15) is 0 Å². The largest absolute Gasteiger partial charge is 0.497 e. The van der Waals surface area contributed by atoms with Crippen LogP contribution >= 0.6 is 0 Å². The van der Waals surface area contributed by atoms with Crippen molar-refractivity contribution in [3.05, 3.63) is 29.8 Å². The highest BCUT2D eigenvalue weighted by molar-refractivity contribution is 5.80. The van der Waals surface area contributed by atoms with Crippen LogP contribution in [-0.2, 0) is 10.2 Å². The van der Waals surface area contributed by atoms with Crippen LogP contribution in [0, 0.1) is 5.92 Å². The molecule has 2 aliphatic rings. The molecular weight excluding hydrogens is 350 g/mol. The first-order valence-electron chi connectivity index (χ1n) is 11.0. The summed E-state index contributed by atoms with van der Waals surface area (Å²) >= 11 is 0. The minimum absolute atomic E-state index is 0.139. The van der Waals surface area contributed by atoms with Crippen molar-refractivity contribution in [3.8, 4) is 5.75 Å². The summed E-state index contributed by atoms with van der Waals surface area (Å²) in [5.74, 6) is 2.62. The van der Waals surface area contributed by atoms with Crippen LogP contribution in [0.15, 0.2) is 29.3 Å². The smallest absolute Gasteiger partial charge is 0.193 e. The summed E-state index contributed by atoms with van der Waals surface area (Å²) in [5.41, 5.74) is 1.51. The summed E-state index contributed by atoms with van der Waals surface area (Å²) < 4.78 is 11.1. The van der Waals surface area contributed by atoms with E-state index in [4.69, 9.17) is 14.5 Å². The fraction of sp³-hybridized carbons (Fsp3) is 0.696. The molecule has 1 saturated heterocycles. The second kappa shape index (κ2) is 10.1. The standard InChI is InChI=1S/C23H37N3O2/c1-4-24-22(26-14-11-19(16-26)17-28-5-2)25-18-23(12-6-7-13-23)20-9-8-10-21(15-20)27-3/h8-10,15,19H,4-7,11-14,16-18H2,1-3H3,(H,24,25). The molecule has 0 bridgehead atoms. The Morgan fingerprint density at radius 3 is 2.82 bits per heavy atom. The predicted octanol–water partition coefficient (Wildman–Crippen LogP) is 3.83. The lowest BCUT2D eigenvalue weighted by atomic mass is 9.79. The molecule has 1 aliphatic carbocycles. The number of hydrogen-bond acceptors (Lipinski definition) is 3. The molecule has 0 aromatic heterocycles. The molecule has 0 spiro atoms. The zero-order valence-corrected chi connectivity index (χ0v) is 17.9. The Kier molecular flexibility index (Phi) is 7.60. The highest BCUT2D eigenvalue weighted by atomic mass is 16.5. The van der Waals surface area contributed by atoms with Gasteiger partial charge in [0.1, 0.15) is 5.75 Å². The lowest BCUT2D eigenvalue weighted by Gasteiger charge is -2.30. The minimum Gasteiger partial charge on any atom is -0.497 e. The molecule has 1 aliphatic heterocycles. The van der Waals surface area contributed by atoms with E-state index in [-0.39, 0.29) is 5.41 Å². The number of aliphatic imine (C=N–C) groups is 1. The zero-order chi connectivity index (χ0) is 19.8. The van der Waals surface area contributed by atoms with Gasteiger partial charge in [-0.15, -0.1) is 0 Å². The van der Waals surface area contributed by atoms with Gasteiger partial charge in [0.25, 0.3) is 0 Å². The summed E-state index contributed by atoms with van der Waals surface area (Å²) in [7, 11) is 1.74. The van der Waals surface area contributed by atoms with Crippen molar-refractivity contribution in [2.45, 2.75) is 51.4 Å². The van der Waals surface area contributed by atoms with Crippen LogP contribution in [0.25, 0.3) is 0 Å². The molecule has 28 heavy (non-hydrogen) atoms. The van der Waals surface area contributed by atoms with Crippen molar-refractivity contribution in [1.82, 2.24) is 10.2 Å². The van der Waals surface area contributed by atoms with Gasteiger partial charge in [-0.05, 0) is 50.8 Å². The fourth-order valence-corrected chi connectivity index (χ4v) is 4.64. The van der Waals surface area contributed by atoms with E-state index in [0.29, 0.717) is 5.92 Å². The number of benzene rings is 1. The Bertz CT molecular complexity index is 640. The zero-order valence-electron chi connectivity index (χ0n) is 17.9.